The van der Waals surface area contributed by atoms with E-state index in [0.29, 0.717) is 19.1 Å². The Labute approximate surface area is 85.4 Å². The van der Waals surface area contributed by atoms with Crippen LogP contribution in [0.3, 0.4) is 0 Å². The summed E-state index contributed by atoms with van der Waals surface area (Å²) < 4.78 is 5.26. The molecule has 0 radical (unpaired) electrons. The number of nitrogens with two attached hydrogens (primary N) is 1. The van der Waals surface area contributed by atoms with Crippen molar-refractivity contribution in [2.24, 2.45) is 11.7 Å². The lowest BCUT2D eigenvalue weighted by atomic mass is 10.1. The van der Waals surface area contributed by atoms with Gasteiger partial charge in [-0.15, -0.1) is 0 Å². The zero-order chi connectivity index (χ0) is 10.6. The average molecular weight is 200 g/mol. The van der Waals surface area contributed by atoms with Crippen LogP contribution in [0.5, 0.6) is 0 Å². The monoisotopic (exact) mass is 200 g/mol. The summed E-state index contributed by atoms with van der Waals surface area (Å²) in [6, 6.07) is 0. The van der Waals surface area contributed by atoms with E-state index in [1.165, 1.54) is 0 Å². The van der Waals surface area contributed by atoms with Gasteiger partial charge in [0.1, 0.15) is 6.10 Å². The zero-order valence-electron chi connectivity index (χ0n) is 9.03. The Balaban J connectivity index is 2.40. The van der Waals surface area contributed by atoms with Crippen LogP contribution in [0.25, 0.3) is 0 Å². The largest absolute Gasteiger partial charge is 0.365 e. The fraction of sp³-hybridized carbons (Fsp3) is 0.900. The van der Waals surface area contributed by atoms with E-state index in [2.05, 4.69) is 13.8 Å². The summed E-state index contributed by atoms with van der Waals surface area (Å²) in [5, 5.41) is 0. The van der Waals surface area contributed by atoms with Crippen molar-refractivity contribution in [2.75, 3.05) is 26.2 Å². The lowest BCUT2D eigenvalue weighted by Gasteiger charge is -2.32. The fourth-order valence-electron chi connectivity index (χ4n) is 1.50. The van der Waals surface area contributed by atoms with Gasteiger partial charge in [0, 0.05) is 19.6 Å². The van der Waals surface area contributed by atoms with E-state index >= 15 is 0 Å². The third kappa shape index (κ3) is 2.96. The second-order valence-corrected chi connectivity index (χ2v) is 4.10. The fourth-order valence-corrected chi connectivity index (χ4v) is 1.50. The molecule has 1 aliphatic heterocycles. The Morgan fingerprint density at radius 2 is 2.36 bits per heavy atom. The lowest BCUT2D eigenvalue weighted by Crippen LogP contribution is -2.50. The molecular weight excluding hydrogens is 180 g/mol. The summed E-state index contributed by atoms with van der Waals surface area (Å²) >= 11 is 0. The molecule has 1 heterocycles. The molecule has 2 N–H and O–H groups in total. The molecule has 1 saturated heterocycles. The molecule has 1 amide bonds. The molecule has 1 fully saturated rings. The Morgan fingerprint density at radius 1 is 1.64 bits per heavy atom. The van der Waals surface area contributed by atoms with Crippen molar-refractivity contribution in [1.82, 2.24) is 4.90 Å². The van der Waals surface area contributed by atoms with Crippen LogP contribution in [0, 0.1) is 5.92 Å². The third-order valence-corrected chi connectivity index (χ3v) is 2.46. The van der Waals surface area contributed by atoms with Crippen LogP contribution in [-0.2, 0) is 9.53 Å². The summed E-state index contributed by atoms with van der Waals surface area (Å²) in [6.45, 7) is 6.76. The number of rotatable bonds is 4. The minimum absolute atomic E-state index is 0.0550. The van der Waals surface area contributed by atoms with E-state index in [0.717, 1.165) is 13.0 Å². The maximum absolute atomic E-state index is 11.7. The molecule has 0 saturated carbocycles. The van der Waals surface area contributed by atoms with Gasteiger partial charge in [-0.05, 0) is 12.3 Å². The molecule has 1 atom stereocenters. The summed E-state index contributed by atoms with van der Waals surface area (Å²) in [5.41, 5.74) is 5.44. The molecule has 1 rings (SSSR count). The number of ether oxygens (including phenoxy) is 1. The molecule has 0 aromatic rings. The lowest BCUT2D eigenvalue weighted by molar-refractivity contribution is -0.152. The van der Waals surface area contributed by atoms with Crippen molar-refractivity contribution >= 4 is 5.91 Å². The van der Waals surface area contributed by atoms with Gasteiger partial charge < -0.3 is 15.4 Å². The number of carbonyl (C=O) groups is 1. The standard InChI is InChI=1S/C10H20N2O2/c1-8(2)3-4-12-5-6-14-9(7-11)10(12)13/h8-9H,3-7,11H2,1-2H3. The summed E-state index contributed by atoms with van der Waals surface area (Å²) in [4.78, 5) is 13.6. The summed E-state index contributed by atoms with van der Waals surface area (Å²) in [6.07, 6.45) is 0.638. The minimum atomic E-state index is -0.407. The number of carbonyl (C=O) groups excluding carboxylic acids is 1. The zero-order valence-corrected chi connectivity index (χ0v) is 9.03. The van der Waals surface area contributed by atoms with Gasteiger partial charge in [0.2, 0.25) is 0 Å². The van der Waals surface area contributed by atoms with Gasteiger partial charge >= 0.3 is 0 Å². The quantitative estimate of drug-likeness (QED) is 0.706. The Kier molecular flexibility index (Phi) is 4.35. The van der Waals surface area contributed by atoms with Crippen molar-refractivity contribution in [1.29, 1.82) is 0 Å². The van der Waals surface area contributed by atoms with E-state index in [1.54, 1.807) is 0 Å². The van der Waals surface area contributed by atoms with Crippen LogP contribution in [0.4, 0.5) is 0 Å². The second kappa shape index (κ2) is 5.32. The molecule has 4 nitrogen and oxygen atoms in total. The van der Waals surface area contributed by atoms with Gasteiger partial charge in [-0.1, -0.05) is 13.8 Å². The highest BCUT2D eigenvalue weighted by Crippen LogP contribution is 2.09. The van der Waals surface area contributed by atoms with E-state index in [-0.39, 0.29) is 12.5 Å². The summed E-state index contributed by atoms with van der Waals surface area (Å²) in [7, 11) is 0. The van der Waals surface area contributed by atoms with Crippen LogP contribution >= 0.6 is 0 Å². The minimum Gasteiger partial charge on any atom is -0.365 e. The smallest absolute Gasteiger partial charge is 0.253 e. The highest BCUT2D eigenvalue weighted by Gasteiger charge is 2.27. The average Bonchev–Trinajstić information content (AvgIpc) is 2.16. The molecule has 4 heteroatoms. The molecule has 0 spiro atoms. The molecule has 14 heavy (non-hydrogen) atoms. The molecule has 0 aliphatic carbocycles. The molecule has 1 aliphatic rings. The number of nitrogens with zero attached hydrogens (tertiary/aromatic N) is 1. The van der Waals surface area contributed by atoms with Gasteiger partial charge in [-0.25, -0.2) is 0 Å². The SMILES string of the molecule is CC(C)CCN1CCOC(CN)C1=O. The number of amides is 1. The predicted octanol–water partition coefficient (Wildman–Crippen LogP) is 0.219. The van der Waals surface area contributed by atoms with Gasteiger partial charge in [0.15, 0.2) is 0 Å². The topological polar surface area (TPSA) is 55.6 Å². The van der Waals surface area contributed by atoms with Crippen molar-refractivity contribution in [3.63, 3.8) is 0 Å². The Bertz CT molecular complexity index is 195. The van der Waals surface area contributed by atoms with E-state index < -0.39 is 6.10 Å². The van der Waals surface area contributed by atoms with Crippen molar-refractivity contribution in [3.05, 3.63) is 0 Å². The van der Waals surface area contributed by atoms with Gasteiger partial charge in [0.05, 0.1) is 6.61 Å². The second-order valence-electron chi connectivity index (χ2n) is 4.10. The van der Waals surface area contributed by atoms with Crippen LogP contribution < -0.4 is 5.73 Å². The molecule has 0 aromatic carbocycles. The number of morpholine rings is 1. The van der Waals surface area contributed by atoms with E-state index in [9.17, 15) is 4.79 Å². The predicted molar refractivity (Wildman–Crippen MR) is 54.8 cm³/mol. The maximum atomic E-state index is 11.7. The molecule has 82 valence electrons. The number of hydrogen-bond donors (Lipinski definition) is 1. The van der Waals surface area contributed by atoms with Crippen molar-refractivity contribution < 1.29 is 9.53 Å². The maximum Gasteiger partial charge on any atom is 0.253 e. The first-order valence-corrected chi connectivity index (χ1v) is 5.25. The van der Waals surface area contributed by atoms with Crippen LogP contribution in [0.15, 0.2) is 0 Å². The van der Waals surface area contributed by atoms with Crippen LogP contribution in [0.1, 0.15) is 20.3 Å². The highest BCUT2D eigenvalue weighted by atomic mass is 16.5. The van der Waals surface area contributed by atoms with E-state index in [4.69, 9.17) is 10.5 Å². The first kappa shape index (κ1) is 11.5. The molecule has 0 bridgehead atoms. The first-order chi connectivity index (χ1) is 6.65. The van der Waals surface area contributed by atoms with Crippen LogP contribution in [-0.4, -0.2) is 43.2 Å². The van der Waals surface area contributed by atoms with Crippen LogP contribution in [0.2, 0.25) is 0 Å². The third-order valence-electron chi connectivity index (χ3n) is 2.46. The van der Waals surface area contributed by atoms with Crippen molar-refractivity contribution in [2.45, 2.75) is 26.4 Å². The molecular formula is C10H20N2O2. The Hall–Kier alpha value is -0.610. The normalized spacial score (nSPS) is 23.3. The van der Waals surface area contributed by atoms with Gasteiger partial charge in [-0.3, -0.25) is 4.79 Å². The van der Waals surface area contributed by atoms with Gasteiger partial charge in [0.25, 0.3) is 5.91 Å². The highest BCUT2D eigenvalue weighted by molar-refractivity contribution is 5.81. The first-order valence-electron chi connectivity index (χ1n) is 5.25. The van der Waals surface area contributed by atoms with Gasteiger partial charge in [-0.2, -0.15) is 0 Å². The molecule has 1 unspecified atom stereocenters. The molecule has 0 aromatic heterocycles. The summed E-state index contributed by atoms with van der Waals surface area (Å²) in [5.74, 6) is 0.682. The van der Waals surface area contributed by atoms with E-state index in [1.807, 2.05) is 4.90 Å². The number of hydrogen-bond acceptors (Lipinski definition) is 3. The Morgan fingerprint density at radius 3 is 2.93 bits per heavy atom. The van der Waals surface area contributed by atoms with Crippen molar-refractivity contribution in [3.8, 4) is 0 Å².